The molecule has 0 saturated heterocycles. The Morgan fingerprint density at radius 2 is 1.65 bits per heavy atom. The van der Waals surface area contributed by atoms with Gasteiger partial charge in [-0.3, -0.25) is 0 Å². The van der Waals surface area contributed by atoms with Crippen LogP contribution in [0.25, 0.3) is 0 Å². The van der Waals surface area contributed by atoms with Crippen molar-refractivity contribution >= 4 is 11.6 Å². The highest BCUT2D eigenvalue weighted by atomic mass is 35.5. The molecule has 1 N–H and O–H groups in total. The molecule has 1 nitrogen and oxygen atoms in total. The summed E-state index contributed by atoms with van der Waals surface area (Å²) in [6.07, 6.45) is 5.38. The topological polar surface area (TPSA) is 20.2 Å². The van der Waals surface area contributed by atoms with Gasteiger partial charge in [0.15, 0.2) is 0 Å². The molecule has 0 amide bonds. The zero-order chi connectivity index (χ0) is 14.8. The Morgan fingerprint density at radius 1 is 1.10 bits per heavy atom. The van der Waals surface area contributed by atoms with E-state index in [0.717, 1.165) is 30.2 Å². The Bertz CT molecular complexity index is 410. The van der Waals surface area contributed by atoms with Gasteiger partial charge < -0.3 is 5.11 Å². The van der Waals surface area contributed by atoms with E-state index < -0.39 is 0 Å². The van der Waals surface area contributed by atoms with Crippen molar-refractivity contribution in [2.45, 2.75) is 59.0 Å². The lowest BCUT2D eigenvalue weighted by molar-refractivity contribution is 0.0537. The maximum absolute atomic E-state index is 10.5. The predicted molar refractivity (Wildman–Crippen MR) is 86.1 cm³/mol. The van der Waals surface area contributed by atoms with Gasteiger partial charge in [0.2, 0.25) is 0 Å². The molecule has 1 fully saturated rings. The molecule has 0 radical (unpaired) electrons. The van der Waals surface area contributed by atoms with Crippen LogP contribution in [0.4, 0.5) is 0 Å². The summed E-state index contributed by atoms with van der Waals surface area (Å²) in [5, 5.41) is 11.2. The van der Waals surface area contributed by atoms with Crippen LogP contribution in [0.2, 0.25) is 5.02 Å². The standard InChI is InChI=1S/C18H27ClO/c1-18(2,3)15-8-6-14(7-9-15)17(20)12-13-4-10-16(19)11-5-13/h4-5,10-11,14-15,17,20H,6-9,12H2,1-3H3. The van der Waals surface area contributed by atoms with Crippen LogP contribution < -0.4 is 0 Å². The highest BCUT2D eigenvalue weighted by molar-refractivity contribution is 6.30. The highest BCUT2D eigenvalue weighted by Gasteiger charge is 2.32. The highest BCUT2D eigenvalue weighted by Crippen LogP contribution is 2.41. The Kier molecular flexibility index (Phi) is 5.14. The van der Waals surface area contributed by atoms with Gasteiger partial charge in [-0.25, -0.2) is 0 Å². The molecule has 1 aromatic carbocycles. The molecule has 0 aliphatic heterocycles. The molecular weight excluding hydrogens is 268 g/mol. The average molecular weight is 295 g/mol. The molecule has 20 heavy (non-hydrogen) atoms. The molecule has 2 heteroatoms. The minimum atomic E-state index is -0.211. The summed E-state index contributed by atoms with van der Waals surface area (Å²) >= 11 is 5.89. The van der Waals surface area contributed by atoms with Crippen LogP contribution in [0.3, 0.4) is 0 Å². The molecule has 2 rings (SSSR count). The number of aliphatic hydroxyl groups excluding tert-OH is 1. The maximum Gasteiger partial charge on any atom is 0.0608 e. The largest absolute Gasteiger partial charge is 0.392 e. The van der Waals surface area contributed by atoms with Gasteiger partial charge in [0.05, 0.1) is 6.10 Å². The van der Waals surface area contributed by atoms with E-state index >= 15 is 0 Å². The number of hydrogen-bond donors (Lipinski definition) is 1. The van der Waals surface area contributed by atoms with E-state index in [4.69, 9.17) is 11.6 Å². The Morgan fingerprint density at radius 3 is 2.15 bits per heavy atom. The van der Waals surface area contributed by atoms with Crippen molar-refractivity contribution in [3.8, 4) is 0 Å². The molecule has 1 aromatic rings. The Labute approximate surface area is 128 Å². The molecule has 112 valence electrons. The third-order valence-corrected chi connectivity index (χ3v) is 5.15. The van der Waals surface area contributed by atoms with Crippen molar-refractivity contribution in [3.05, 3.63) is 34.9 Å². The summed E-state index contributed by atoms with van der Waals surface area (Å²) in [5.74, 6) is 1.27. The summed E-state index contributed by atoms with van der Waals surface area (Å²) in [7, 11) is 0. The first kappa shape index (κ1) is 15.9. The number of halogens is 1. The average Bonchev–Trinajstić information content (AvgIpc) is 2.40. The van der Waals surface area contributed by atoms with Gasteiger partial charge in [-0.05, 0) is 67.1 Å². The number of hydrogen-bond acceptors (Lipinski definition) is 1. The van der Waals surface area contributed by atoms with E-state index in [1.165, 1.54) is 18.4 Å². The molecule has 0 bridgehead atoms. The van der Waals surface area contributed by atoms with E-state index in [1.807, 2.05) is 24.3 Å². The van der Waals surface area contributed by atoms with Crippen LogP contribution in [0.1, 0.15) is 52.0 Å². The molecule has 0 aromatic heterocycles. The fourth-order valence-corrected chi connectivity index (χ4v) is 3.52. The van der Waals surface area contributed by atoms with E-state index in [0.29, 0.717) is 11.3 Å². The fourth-order valence-electron chi connectivity index (χ4n) is 3.40. The van der Waals surface area contributed by atoms with Crippen molar-refractivity contribution in [1.29, 1.82) is 0 Å². The van der Waals surface area contributed by atoms with Gasteiger partial charge in [0.25, 0.3) is 0 Å². The first-order chi connectivity index (χ1) is 9.36. The predicted octanol–water partition coefficient (Wildman–Crippen LogP) is 5.10. The molecule has 0 spiro atoms. The first-order valence-corrected chi connectivity index (χ1v) is 8.16. The second-order valence-corrected chi connectivity index (χ2v) is 7.81. The second kappa shape index (κ2) is 6.49. The third kappa shape index (κ3) is 4.23. The van der Waals surface area contributed by atoms with Gasteiger partial charge in [-0.15, -0.1) is 0 Å². The molecule has 1 atom stereocenters. The minimum absolute atomic E-state index is 0.211. The lowest BCUT2D eigenvalue weighted by Crippen LogP contribution is -2.31. The van der Waals surface area contributed by atoms with Gasteiger partial charge >= 0.3 is 0 Å². The maximum atomic E-state index is 10.5. The molecule has 0 heterocycles. The van der Waals surface area contributed by atoms with E-state index in [-0.39, 0.29) is 6.10 Å². The van der Waals surface area contributed by atoms with Gasteiger partial charge in [0.1, 0.15) is 0 Å². The van der Waals surface area contributed by atoms with E-state index in [2.05, 4.69) is 20.8 Å². The zero-order valence-electron chi connectivity index (χ0n) is 12.9. The lowest BCUT2D eigenvalue weighted by Gasteiger charge is -2.38. The summed E-state index contributed by atoms with van der Waals surface area (Å²) < 4.78 is 0. The van der Waals surface area contributed by atoms with Crippen LogP contribution in [0.15, 0.2) is 24.3 Å². The quantitative estimate of drug-likeness (QED) is 0.822. The van der Waals surface area contributed by atoms with Crippen molar-refractivity contribution in [3.63, 3.8) is 0 Å². The summed E-state index contributed by atoms with van der Waals surface area (Å²) in [5.41, 5.74) is 1.59. The number of rotatable bonds is 3. The zero-order valence-corrected chi connectivity index (χ0v) is 13.7. The van der Waals surface area contributed by atoms with Gasteiger partial charge in [-0.2, -0.15) is 0 Å². The van der Waals surface area contributed by atoms with Crippen LogP contribution in [0.5, 0.6) is 0 Å². The molecule has 1 aliphatic rings. The van der Waals surface area contributed by atoms with Crippen molar-refractivity contribution in [2.75, 3.05) is 0 Å². The van der Waals surface area contributed by atoms with E-state index in [1.54, 1.807) is 0 Å². The monoisotopic (exact) mass is 294 g/mol. The Hall–Kier alpha value is -0.530. The van der Waals surface area contributed by atoms with Crippen molar-refractivity contribution in [2.24, 2.45) is 17.3 Å². The summed E-state index contributed by atoms with van der Waals surface area (Å²) in [4.78, 5) is 0. The van der Waals surface area contributed by atoms with Gasteiger partial charge in [-0.1, -0.05) is 44.5 Å². The van der Waals surface area contributed by atoms with Crippen LogP contribution >= 0.6 is 11.6 Å². The fraction of sp³-hybridized carbons (Fsp3) is 0.667. The SMILES string of the molecule is CC(C)(C)C1CCC(C(O)Cc2ccc(Cl)cc2)CC1. The van der Waals surface area contributed by atoms with Crippen molar-refractivity contribution < 1.29 is 5.11 Å². The molecule has 1 unspecified atom stereocenters. The molecule has 1 saturated carbocycles. The van der Waals surface area contributed by atoms with E-state index in [9.17, 15) is 5.11 Å². The van der Waals surface area contributed by atoms with Crippen molar-refractivity contribution in [1.82, 2.24) is 0 Å². The lowest BCUT2D eigenvalue weighted by atomic mass is 9.68. The minimum Gasteiger partial charge on any atom is -0.392 e. The first-order valence-electron chi connectivity index (χ1n) is 7.79. The normalized spacial score (nSPS) is 25.4. The molecular formula is C18H27ClO. The third-order valence-electron chi connectivity index (χ3n) is 4.90. The second-order valence-electron chi connectivity index (χ2n) is 7.38. The van der Waals surface area contributed by atoms with Gasteiger partial charge in [0, 0.05) is 5.02 Å². The van der Waals surface area contributed by atoms with Crippen LogP contribution in [0, 0.1) is 17.3 Å². The van der Waals surface area contributed by atoms with Crippen LogP contribution in [-0.4, -0.2) is 11.2 Å². The summed E-state index contributed by atoms with van der Waals surface area (Å²) in [6, 6.07) is 7.85. The number of benzene rings is 1. The summed E-state index contributed by atoms with van der Waals surface area (Å²) in [6.45, 7) is 7.01. The smallest absolute Gasteiger partial charge is 0.0608 e. The number of aliphatic hydroxyl groups is 1. The Balaban J connectivity index is 1.85. The molecule has 1 aliphatic carbocycles. The van der Waals surface area contributed by atoms with Crippen LogP contribution in [-0.2, 0) is 6.42 Å².